The van der Waals surface area contributed by atoms with E-state index in [1.165, 1.54) is 24.8 Å². The number of pyridine rings is 1. The summed E-state index contributed by atoms with van der Waals surface area (Å²) >= 11 is 0. The second-order valence-electron chi connectivity index (χ2n) is 11.7. The summed E-state index contributed by atoms with van der Waals surface area (Å²) < 4.78 is 7.57. The number of rotatable bonds is 6. The lowest BCUT2D eigenvalue weighted by Gasteiger charge is -2.28. The molecule has 1 saturated heterocycles. The highest BCUT2D eigenvalue weighted by molar-refractivity contribution is 6.00. The van der Waals surface area contributed by atoms with Gasteiger partial charge in [-0.1, -0.05) is 67.8 Å². The summed E-state index contributed by atoms with van der Waals surface area (Å²) in [6.07, 6.45) is 5.73. The third-order valence-corrected chi connectivity index (χ3v) is 9.05. The van der Waals surface area contributed by atoms with Crippen molar-refractivity contribution in [3.8, 4) is 22.5 Å². The van der Waals surface area contributed by atoms with Crippen LogP contribution in [0.5, 0.6) is 0 Å². The van der Waals surface area contributed by atoms with Crippen LogP contribution in [0.25, 0.3) is 44.3 Å². The van der Waals surface area contributed by atoms with Crippen LogP contribution in [-0.4, -0.2) is 57.7 Å². The molecule has 7 heteroatoms. The van der Waals surface area contributed by atoms with E-state index >= 15 is 0 Å². The van der Waals surface area contributed by atoms with E-state index in [2.05, 4.69) is 47.0 Å². The van der Waals surface area contributed by atoms with E-state index in [1.807, 2.05) is 29.2 Å². The number of morpholine rings is 1. The highest BCUT2D eigenvalue weighted by atomic mass is 16.5. The Kier molecular flexibility index (Phi) is 7.41. The Labute approximate surface area is 250 Å². The lowest BCUT2D eigenvalue weighted by Crippen LogP contribution is -2.42. The SMILES string of the molecule is O=C(O)c1ccc2c(C3CCCCC3)c(-c3ccc4nc(-c5ccccc5)ccc4c3)n(CC(=O)N3CCOCC3)c2c1. The molecule has 2 fully saturated rings. The molecule has 43 heavy (non-hydrogen) atoms. The molecule has 1 N–H and O–H groups in total. The Morgan fingerprint density at radius 1 is 0.860 bits per heavy atom. The van der Waals surface area contributed by atoms with Crippen LogP contribution < -0.4 is 0 Å². The van der Waals surface area contributed by atoms with Crippen LogP contribution in [-0.2, 0) is 16.1 Å². The molecule has 5 aromatic rings. The van der Waals surface area contributed by atoms with Crippen LogP contribution in [0, 0.1) is 0 Å². The van der Waals surface area contributed by atoms with Crippen molar-refractivity contribution in [1.29, 1.82) is 0 Å². The summed E-state index contributed by atoms with van der Waals surface area (Å²) in [5, 5.41) is 11.9. The molecule has 3 aromatic carbocycles. The lowest BCUT2D eigenvalue weighted by molar-refractivity contribution is -0.135. The van der Waals surface area contributed by atoms with Gasteiger partial charge in [0, 0.05) is 29.4 Å². The van der Waals surface area contributed by atoms with Crippen LogP contribution in [0.1, 0.15) is 53.9 Å². The molecule has 0 radical (unpaired) electrons. The first-order chi connectivity index (χ1) is 21.1. The molecule has 2 aliphatic rings. The van der Waals surface area contributed by atoms with Gasteiger partial charge in [-0.25, -0.2) is 9.78 Å². The van der Waals surface area contributed by atoms with Gasteiger partial charge in [0.1, 0.15) is 6.54 Å². The standard InChI is InChI=1S/C36H35N3O4/c40-33(38-17-19-43-20-18-38)23-39-32-22-28(36(41)42)11-14-29(32)34(25-9-5-2-6-10-25)35(39)27-13-16-31-26(21-27)12-15-30(37-31)24-7-3-1-4-8-24/h1,3-4,7-8,11-16,21-22,25H,2,5-6,9-10,17-20,23H2,(H,41,42). The van der Waals surface area contributed by atoms with Crippen LogP contribution in [0.15, 0.2) is 78.9 Å². The highest BCUT2D eigenvalue weighted by Gasteiger charge is 2.29. The molecule has 7 nitrogen and oxygen atoms in total. The maximum Gasteiger partial charge on any atom is 0.335 e. The van der Waals surface area contributed by atoms with Crippen molar-refractivity contribution in [3.05, 3.63) is 90.0 Å². The van der Waals surface area contributed by atoms with Crippen molar-refractivity contribution in [2.24, 2.45) is 0 Å². The summed E-state index contributed by atoms with van der Waals surface area (Å²) in [4.78, 5) is 32.6. The molecule has 0 spiro atoms. The average molecular weight is 574 g/mol. The Balaban J connectivity index is 1.41. The summed E-state index contributed by atoms with van der Waals surface area (Å²) in [5.41, 5.74) is 7.20. The van der Waals surface area contributed by atoms with Crippen molar-refractivity contribution in [3.63, 3.8) is 0 Å². The molecule has 0 unspecified atom stereocenters. The lowest BCUT2D eigenvalue weighted by atomic mass is 9.81. The number of hydrogen-bond donors (Lipinski definition) is 1. The number of nitrogens with zero attached hydrogens (tertiary/aromatic N) is 3. The molecule has 2 aromatic heterocycles. The largest absolute Gasteiger partial charge is 0.478 e. The predicted octanol–water partition coefficient (Wildman–Crippen LogP) is 7.13. The molecule has 0 bridgehead atoms. The first-order valence-electron chi connectivity index (χ1n) is 15.3. The normalized spacial score (nSPS) is 16.1. The van der Waals surface area contributed by atoms with E-state index in [0.29, 0.717) is 32.2 Å². The molecule has 1 aliphatic carbocycles. The van der Waals surface area contributed by atoms with Gasteiger partial charge in [-0.05, 0) is 60.2 Å². The summed E-state index contributed by atoms with van der Waals surface area (Å²) in [7, 11) is 0. The fraction of sp³-hybridized carbons (Fsp3) is 0.306. The number of amides is 1. The number of carbonyl (C=O) groups is 2. The third kappa shape index (κ3) is 5.30. The van der Waals surface area contributed by atoms with Gasteiger partial charge >= 0.3 is 5.97 Å². The molecule has 3 heterocycles. The van der Waals surface area contributed by atoms with E-state index in [1.54, 1.807) is 12.1 Å². The van der Waals surface area contributed by atoms with Crippen molar-refractivity contribution < 1.29 is 19.4 Å². The van der Waals surface area contributed by atoms with Gasteiger partial charge in [-0.2, -0.15) is 0 Å². The minimum absolute atomic E-state index is 0.0207. The molecular weight excluding hydrogens is 538 g/mol. The van der Waals surface area contributed by atoms with Crippen molar-refractivity contribution >= 4 is 33.7 Å². The zero-order valence-corrected chi connectivity index (χ0v) is 24.2. The second kappa shape index (κ2) is 11.7. The molecular formula is C36H35N3O4. The highest BCUT2D eigenvalue weighted by Crippen LogP contribution is 2.45. The first kappa shape index (κ1) is 27.3. The Bertz CT molecular complexity index is 1820. The molecule has 1 saturated carbocycles. The number of aromatic carboxylic acids is 1. The maximum absolute atomic E-state index is 13.7. The zero-order chi connectivity index (χ0) is 29.3. The molecule has 1 aliphatic heterocycles. The molecule has 0 atom stereocenters. The number of aromatic nitrogens is 2. The van der Waals surface area contributed by atoms with Crippen molar-refractivity contribution in [1.82, 2.24) is 14.5 Å². The van der Waals surface area contributed by atoms with Crippen molar-refractivity contribution in [2.45, 2.75) is 44.6 Å². The number of hydrogen-bond acceptors (Lipinski definition) is 4. The van der Waals surface area contributed by atoms with Gasteiger partial charge in [0.15, 0.2) is 0 Å². The minimum atomic E-state index is -0.971. The van der Waals surface area contributed by atoms with Gasteiger partial charge < -0.3 is 19.3 Å². The van der Waals surface area contributed by atoms with E-state index in [-0.39, 0.29) is 18.0 Å². The van der Waals surface area contributed by atoms with Gasteiger partial charge in [-0.3, -0.25) is 4.79 Å². The number of fused-ring (bicyclic) bond motifs is 2. The predicted molar refractivity (Wildman–Crippen MR) is 168 cm³/mol. The van der Waals surface area contributed by atoms with Gasteiger partial charge in [0.25, 0.3) is 0 Å². The molecule has 1 amide bonds. The summed E-state index contributed by atoms with van der Waals surface area (Å²) in [6.45, 7) is 2.34. The molecule has 7 rings (SSSR count). The van der Waals surface area contributed by atoms with E-state index in [4.69, 9.17) is 9.72 Å². The van der Waals surface area contributed by atoms with E-state index < -0.39 is 5.97 Å². The Morgan fingerprint density at radius 2 is 1.65 bits per heavy atom. The van der Waals surface area contributed by atoms with Crippen LogP contribution in [0.4, 0.5) is 0 Å². The topological polar surface area (TPSA) is 84.7 Å². The Hall–Kier alpha value is -4.49. The fourth-order valence-corrected chi connectivity index (χ4v) is 6.88. The Morgan fingerprint density at radius 3 is 2.42 bits per heavy atom. The summed E-state index contributed by atoms with van der Waals surface area (Å²) in [6, 6.07) is 26.1. The smallest absolute Gasteiger partial charge is 0.335 e. The number of benzene rings is 3. The van der Waals surface area contributed by atoms with Crippen molar-refractivity contribution in [2.75, 3.05) is 26.3 Å². The maximum atomic E-state index is 13.7. The van der Waals surface area contributed by atoms with Crippen LogP contribution in [0.2, 0.25) is 0 Å². The first-order valence-corrected chi connectivity index (χ1v) is 15.3. The number of carboxylic acid groups (broad SMARTS) is 1. The van der Waals surface area contributed by atoms with Gasteiger partial charge in [0.05, 0.1) is 41.2 Å². The fourth-order valence-electron chi connectivity index (χ4n) is 6.88. The quantitative estimate of drug-likeness (QED) is 0.234. The monoisotopic (exact) mass is 573 g/mol. The van der Waals surface area contributed by atoms with Gasteiger partial charge in [-0.15, -0.1) is 0 Å². The molecule has 218 valence electrons. The van der Waals surface area contributed by atoms with E-state index in [9.17, 15) is 14.7 Å². The van der Waals surface area contributed by atoms with Gasteiger partial charge in [0.2, 0.25) is 5.91 Å². The zero-order valence-electron chi connectivity index (χ0n) is 24.2. The second-order valence-corrected chi connectivity index (χ2v) is 11.7. The van der Waals surface area contributed by atoms with Crippen LogP contribution in [0.3, 0.4) is 0 Å². The minimum Gasteiger partial charge on any atom is -0.478 e. The third-order valence-electron chi connectivity index (χ3n) is 9.05. The van der Waals surface area contributed by atoms with E-state index in [0.717, 1.165) is 57.2 Å². The number of carbonyl (C=O) groups excluding carboxylic acids is 1. The van der Waals surface area contributed by atoms with Crippen LogP contribution >= 0.6 is 0 Å². The summed E-state index contributed by atoms with van der Waals surface area (Å²) in [5.74, 6) is -0.607. The average Bonchev–Trinajstić information content (AvgIpc) is 3.38. The number of carboxylic acids is 1. The number of ether oxygens (including phenoxy) is 1.